The van der Waals surface area contributed by atoms with Crippen LogP contribution in [-0.4, -0.2) is 37.5 Å². The van der Waals surface area contributed by atoms with E-state index < -0.39 is 6.09 Å². The van der Waals surface area contributed by atoms with Crippen LogP contribution in [0.4, 0.5) is 10.5 Å². The maximum Gasteiger partial charge on any atom is 0.414 e. The van der Waals surface area contributed by atoms with E-state index in [1.54, 1.807) is 20.2 Å². The molecule has 192 valence electrons. The number of Topliss-reactive ketones (excluding diaryl/α,β-unsaturated/α-hetero) is 1. The lowest BCUT2D eigenvalue weighted by molar-refractivity contribution is -0.118. The van der Waals surface area contributed by atoms with Gasteiger partial charge >= 0.3 is 6.09 Å². The summed E-state index contributed by atoms with van der Waals surface area (Å²) in [4.78, 5) is 27.4. The number of halogens is 1. The smallest absolute Gasteiger partial charge is 0.414 e. The van der Waals surface area contributed by atoms with Crippen molar-refractivity contribution in [3.05, 3.63) is 69.7 Å². The van der Waals surface area contributed by atoms with Gasteiger partial charge in [0.1, 0.15) is 0 Å². The van der Waals surface area contributed by atoms with Crippen LogP contribution in [0.1, 0.15) is 50.8 Å². The fourth-order valence-electron chi connectivity index (χ4n) is 5.38. The second-order valence-corrected chi connectivity index (χ2v) is 11.5. The lowest BCUT2D eigenvalue weighted by Gasteiger charge is -2.40. The minimum atomic E-state index is -0.494. The van der Waals surface area contributed by atoms with Crippen LogP contribution in [0.25, 0.3) is 16.3 Å². The molecule has 0 saturated heterocycles. The van der Waals surface area contributed by atoms with Crippen molar-refractivity contribution in [1.82, 2.24) is 4.90 Å². The van der Waals surface area contributed by atoms with Crippen LogP contribution in [0, 0.1) is 5.41 Å². The molecule has 1 atom stereocenters. The van der Waals surface area contributed by atoms with Crippen molar-refractivity contribution in [2.45, 2.75) is 39.7 Å². The second-order valence-electron chi connectivity index (χ2n) is 10.6. The third-order valence-electron chi connectivity index (χ3n) is 6.98. The summed E-state index contributed by atoms with van der Waals surface area (Å²) in [6.45, 7) is 6.61. The summed E-state index contributed by atoms with van der Waals surface area (Å²) >= 11 is 3.70. The van der Waals surface area contributed by atoms with Gasteiger partial charge < -0.3 is 19.7 Å². The van der Waals surface area contributed by atoms with Gasteiger partial charge in [-0.2, -0.15) is 0 Å². The minimum absolute atomic E-state index is 0.135. The Hall–Kier alpha value is -3.32. The topological polar surface area (TPSA) is 67.9 Å². The number of hydrogen-bond acceptors (Lipinski definition) is 5. The van der Waals surface area contributed by atoms with Gasteiger partial charge in [-0.15, -0.1) is 0 Å². The van der Waals surface area contributed by atoms with Crippen LogP contribution >= 0.6 is 15.9 Å². The molecule has 1 amide bonds. The van der Waals surface area contributed by atoms with Crippen LogP contribution in [0.5, 0.6) is 11.5 Å². The molecule has 0 bridgehead atoms. The molecule has 3 aromatic carbocycles. The predicted octanol–water partition coefficient (Wildman–Crippen LogP) is 7.37. The third-order valence-corrected chi connectivity index (χ3v) is 7.66. The normalized spacial score (nSPS) is 18.1. The highest BCUT2D eigenvalue weighted by Gasteiger charge is 2.41. The molecule has 1 aliphatic carbocycles. The summed E-state index contributed by atoms with van der Waals surface area (Å²) in [5.41, 5.74) is 4.73. The zero-order valence-corrected chi connectivity index (χ0v) is 23.4. The summed E-state index contributed by atoms with van der Waals surface area (Å²) in [5, 5.41) is 5.96. The van der Waals surface area contributed by atoms with Crippen LogP contribution in [0.15, 0.2) is 58.6 Å². The molecule has 5 rings (SSSR count). The Morgan fingerprint density at radius 2 is 1.86 bits per heavy atom. The molecular formula is C30H31BrN2O4. The van der Waals surface area contributed by atoms with Crippen molar-refractivity contribution in [3.8, 4) is 11.5 Å². The monoisotopic (exact) mass is 562 g/mol. The molecule has 7 heteroatoms. The van der Waals surface area contributed by atoms with Crippen molar-refractivity contribution in [1.29, 1.82) is 0 Å². The van der Waals surface area contributed by atoms with Crippen molar-refractivity contribution in [2.75, 3.05) is 26.0 Å². The summed E-state index contributed by atoms with van der Waals surface area (Å²) in [6, 6.07) is 15.8. The first kappa shape index (κ1) is 25.3. The van der Waals surface area contributed by atoms with Crippen molar-refractivity contribution >= 4 is 49.8 Å². The molecule has 2 aliphatic rings. The van der Waals surface area contributed by atoms with Crippen LogP contribution < -0.4 is 14.8 Å². The number of ether oxygens (including phenoxy) is 2. The molecule has 6 nitrogen and oxygen atoms in total. The molecule has 1 heterocycles. The Morgan fingerprint density at radius 3 is 2.59 bits per heavy atom. The lowest BCUT2D eigenvalue weighted by atomic mass is 9.68. The Kier molecular flexibility index (Phi) is 6.52. The van der Waals surface area contributed by atoms with E-state index in [0.717, 1.165) is 49.6 Å². The average molecular weight is 563 g/mol. The summed E-state index contributed by atoms with van der Waals surface area (Å²) in [5.74, 6) is 0.923. The Labute approximate surface area is 225 Å². The first-order valence-electron chi connectivity index (χ1n) is 12.5. The molecular weight excluding hydrogens is 532 g/mol. The molecule has 37 heavy (non-hydrogen) atoms. The average Bonchev–Trinajstić information content (AvgIpc) is 2.84. The van der Waals surface area contributed by atoms with E-state index in [0.29, 0.717) is 24.5 Å². The number of nitrogens with zero attached hydrogens (tertiary/aromatic N) is 1. The summed E-state index contributed by atoms with van der Waals surface area (Å²) < 4.78 is 12.2. The van der Waals surface area contributed by atoms with E-state index in [4.69, 9.17) is 9.47 Å². The highest BCUT2D eigenvalue weighted by Crippen LogP contribution is 2.53. The van der Waals surface area contributed by atoms with Gasteiger partial charge in [-0.1, -0.05) is 60.1 Å². The largest absolute Gasteiger partial charge is 0.490 e. The van der Waals surface area contributed by atoms with Gasteiger partial charge in [0.05, 0.1) is 12.6 Å². The van der Waals surface area contributed by atoms with Gasteiger partial charge in [0, 0.05) is 41.8 Å². The molecule has 0 radical (unpaired) electrons. The fourth-order valence-corrected chi connectivity index (χ4v) is 5.93. The summed E-state index contributed by atoms with van der Waals surface area (Å²) in [7, 11) is 3.26. The van der Waals surface area contributed by atoms with Gasteiger partial charge in [-0.25, -0.2) is 4.79 Å². The number of amides is 1. The number of hydrogen-bond donors (Lipinski definition) is 1. The molecule has 0 aromatic heterocycles. The summed E-state index contributed by atoms with van der Waals surface area (Å²) in [6.07, 6.45) is 0.798. The predicted molar refractivity (Wildman–Crippen MR) is 150 cm³/mol. The van der Waals surface area contributed by atoms with E-state index in [9.17, 15) is 9.59 Å². The SMILES string of the molecule is CCOc1cc(C2Nc3ccc4ccccc4c3C3=C2C(=O)CC(C)(C)C3)c(Br)cc1OC(=O)N(C)C. The Balaban J connectivity index is 1.70. The Bertz CT molecular complexity index is 1460. The first-order valence-corrected chi connectivity index (χ1v) is 13.3. The highest BCUT2D eigenvalue weighted by molar-refractivity contribution is 9.10. The zero-order chi connectivity index (χ0) is 26.5. The van der Waals surface area contributed by atoms with E-state index >= 15 is 0 Å². The van der Waals surface area contributed by atoms with Crippen molar-refractivity contribution < 1.29 is 19.1 Å². The maximum atomic E-state index is 13.8. The molecule has 0 fully saturated rings. The number of fused-ring (bicyclic) bond motifs is 4. The van der Waals surface area contributed by atoms with Gasteiger partial charge in [-0.3, -0.25) is 4.79 Å². The second kappa shape index (κ2) is 9.53. The highest BCUT2D eigenvalue weighted by atomic mass is 79.9. The first-order chi connectivity index (χ1) is 17.6. The van der Waals surface area contributed by atoms with Crippen molar-refractivity contribution in [2.24, 2.45) is 5.41 Å². The molecule has 0 spiro atoms. The minimum Gasteiger partial charge on any atom is -0.490 e. The van der Waals surface area contributed by atoms with E-state index in [2.05, 4.69) is 59.4 Å². The Morgan fingerprint density at radius 1 is 1.11 bits per heavy atom. The van der Waals surface area contributed by atoms with Gasteiger partial charge in [0.2, 0.25) is 0 Å². The zero-order valence-electron chi connectivity index (χ0n) is 21.8. The molecule has 1 N–H and O–H groups in total. The number of rotatable bonds is 4. The van der Waals surface area contributed by atoms with Crippen molar-refractivity contribution in [3.63, 3.8) is 0 Å². The van der Waals surface area contributed by atoms with Gasteiger partial charge in [0.25, 0.3) is 0 Å². The number of carbonyl (C=O) groups excluding carboxylic acids is 2. The van der Waals surface area contributed by atoms with E-state index in [-0.39, 0.29) is 17.2 Å². The standard InChI is InChI=1S/C30H31BrN2O4/c1-6-36-24-13-19(21(31)14-25(24)37-29(35)33(4)5)28-27-20(15-30(2,3)16-23(27)34)26-18-10-8-7-9-17(18)11-12-22(26)32-28/h7-14,28,32H,6,15-16H2,1-5H3. The third kappa shape index (κ3) is 4.61. The fraction of sp³-hybridized carbons (Fsp3) is 0.333. The number of carbonyl (C=O) groups is 2. The molecule has 1 unspecified atom stereocenters. The number of allylic oxidation sites excluding steroid dienone is 1. The van der Waals surface area contributed by atoms with Gasteiger partial charge in [0.15, 0.2) is 17.3 Å². The van der Waals surface area contributed by atoms with Gasteiger partial charge in [-0.05, 0) is 58.9 Å². The van der Waals surface area contributed by atoms with Crippen LogP contribution in [0.2, 0.25) is 0 Å². The lowest BCUT2D eigenvalue weighted by Crippen LogP contribution is -2.33. The van der Waals surface area contributed by atoms with E-state index in [1.807, 2.05) is 25.1 Å². The number of nitrogens with one attached hydrogen (secondary N) is 1. The quantitative estimate of drug-likeness (QED) is 0.359. The number of ketones is 1. The van der Waals surface area contributed by atoms with Crippen LogP contribution in [-0.2, 0) is 4.79 Å². The molecule has 3 aromatic rings. The van der Waals surface area contributed by atoms with E-state index in [1.165, 1.54) is 4.90 Å². The maximum absolute atomic E-state index is 13.8. The molecule has 0 saturated carbocycles. The number of anilines is 1. The molecule has 1 aliphatic heterocycles. The number of benzene rings is 3. The van der Waals surface area contributed by atoms with Crippen LogP contribution in [0.3, 0.4) is 0 Å².